The fourth-order valence-corrected chi connectivity index (χ4v) is 5.62. The van der Waals surface area contributed by atoms with E-state index in [-0.39, 0.29) is 11.0 Å². The van der Waals surface area contributed by atoms with Gasteiger partial charge in [-0.05, 0) is 56.4 Å². The van der Waals surface area contributed by atoms with Gasteiger partial charge in [0.15, 0.2) is 0 Å². The Kier molecular flexibility index (Phi) is 10.1. The summed E-state index contributed by atoms with van der Waals surface area (Å²) in [7, 11) is -4.15. The lowest BCUT2D eigenvalue weighted by Gasteiger charge is -2.17. The van der Waals surface area contributed by atoms with Crippen LogP contribution in [-0.4, -0.2) is 66.6 Å². The number of carbonyl (C=O) groups excluding carboxylic acids is 1. The number of rotatable bonds is 14. The quantitative estimate of drug-likeness (QED) is 0.156. The Morgan fingerprint density at radius 2 is 1.78 bits per heavy atom. The van der Waals surface area contributed by atoms with Crippen LogP contribution in [0.1, 0.15) is 37.1 Å². The van der Waals surface area contributed by atoms with E-state index in [0.717, 1.165) is 54.3 Å². The number of nitrogens with zero attached hydrogens (tertiary/aromatic N) is 1. The Hall–Kier alpha value is -3.78. The van der Waals surface area contributed by atoms with Gasteiger partial charge in [0.25, 0.3) is 0 Å². The molecule has 1 aliphatic heterocycles. The number of anilines is 1. The van der Waals surface area contributed by atoms with Gasteiger partial charge < -0.3 is 20.7 Å². The number of nitrogens with one attached hydrogen (secondary N) is 5. The number of amides is 1. The highest BCUT2D eigenvalue weighted by atomic mass is 32.2. The highest BCUT2D eigenvalue weighted by molar-refractivity contribution is 7.89. The van der Waals surface area contributed by atoms with E-state index < -0.39 is 40.5 Å². The van der Waals surface area contributed by atoms with Gasteiger partial charge in [0.1, 0.15) is 12.1 Å². The van der Waals surface area contributed by atoms with Gasteiger partial charge in [0, 0.05) is 25.2 Å². The Balaban J connectivity index is 1.20. The Morgan fingerprint density at radius 3 is 2.44 bits per heavy atom. The van der Waals surface area contributed by atoms with E-state index in [1.165, 1.54) is 12.1 Å². The summed E-state index contributed by atoms with van der Waals surface area (Å²) in [5.74, 6) is -1.12. The van der Waals surface area contributed by atoms with Crippen molar-refractivity contribution in [3.63, 3.8) is 0 Å². The fourth-order valence-electron chi connectivity index (χ4n) is 4.43. The average molecular weight is 585 g/mol. The van der Waals surface area contributed by atoms with E-state index in [1.54, 1.807) is 12.1 Å². The molecule has 0 aliphatic carbocycles. The lowest BCUT2D eigenvalue weighted by molar-refractivity contribution is -0.139. The molecule has 4 rings (SSSR count). The molecule has 3 atom stereocenters. The number of aliphatic carboxylic acids is 1. The largest absolute Gasteiger partial charge is 0.480 e. The molecule has 2 aromatic carbocycles. The zero-order valence-electron chi connectivity index (χ0n) is 23.0. The first-order valence-corrected chi connectivity index (χ1v) is 15.0. The van der Waals surface area contributed by atoms with Crippen LogP contribution in [0.2, 0.25) is 0 Å². The van der Waals surface area contributed by atoms with Crippen LogP contribution in [0.25, 0.3) is 11.1 Å². The second kappa shape index (κ2) is 13.7. The van der Waals surface area contributed by atoms with Gasteiger partial charge >= 0.3 is 5.97 Å². The second-order valence-corrected chi connectivity index (χ2v) is 11.7. The maximum absolute atomic E-state index is 12.9. The monoisotopic (exact) mass is 584 g/mol. The number of aryl methyl sites for hydroxylation is 2. The van der Waals surface area contributed by atoms with E-state index in [1.807, 2.05) is 44.2 Å². The summed E-state index contributed by atoms with van der Waals surface area (Å²) in [6.07, 6.45) is 2.78. The molecule has 12 nitrogen and oxygen atoms in total. The summed E-state index contributed by atoms with van der Waals surface area (Å²) in [4.78, 5) is 37.4. The third-order valence-corrected chi connectivity index (χ3v) is 8.40. The molecular formula is C28H36N6O6S. The summed E-state index contributed by atoms with van der Waals surface area (Å²) >= 11 is 0. The van der Waals surface area contributed by atoms with Crippen LogP contribution in [0.15, 0.2) is 59.5 Å². The number of aromatic amines is 1. The Labute approximate surface area is 239 Å². The number of unbranched alkanes of at least 4 members (excludes halogenated alkanes) is 1. The molecule has 1 amide bonds. The number of hydrogen-bond donors (Lipinski definition) is 6. The highest BCUT2D eigenvalue weighted by Crippen LogP contribution is 2.21. The predicted molar refractivity (Wildman–Crippen MR) is 153 cm³/mol. The van der Waals surface area contributed by atoms with Gasteiger partial charge in [-0.25, -0.2) is 13.4 Å². The van der Waals surface area contributed by atoms with E-state index in [2.05, 4.69) is 30.8 Å². The normalized spacial score (nSPS) is 17.7. The first kappa shape index (κ1) is 30.2. The van der Waals surface area contributed by atoms with Crippen LogP contribution >= 0.6 is 0 Å². The molecule has 13 heteroatoms. The molecule has 1 aliphatic rings. The van der Waals surface area contributed by atoms with Crippen molar-refractivity contribution >= 4 is 27.8 Å². The maximum atomic E-state index is 12.9. The van der Waals surface area contributed by atoms with Crippen molar-refractivity contribution in [3.8, 4) is 11.1 Å². The number of benzene rings is 2. The van der Waals surface area contributed by atoms with Gasteiger partial charge in [-0.15, -0.1) is 0 Å². The van der Waals surface area contributed by atoms with E-state index >= 15 is 0 Å². The molecule has 3 aromatic rings. The predicted octanol–water partition coefficient (Wildman–Crippen LogP) is 2.49. The third kappa shape index (κ3) is 8.36. The van der Waals surface area contributed by atoms with Crippen molar-refractivity contribution in [2.75, 3.05) is 18.4 Å². The number of hydrogen-bond acceptors (Lipinski definition) is 8. The minimum absolute atomic E-state index is 0.0759. The molecule has 0 bridgehead atoms. The van der Waals surface area contributed by atoms with Gasteiger partial charge in [0.05, 0.1) is 16.7 Å². The van der Waals surface area contributed by atoms with Crippen molar-refractivity contribution in [3.05, 3.63) is 66.0 Å². The first-order chi connectivity index (χ1) is 19.6. The number of hydroxylamine groups is 1. The van der Waals surface area contributed by atoms with Gasteiger partial charge in [-0.2, -0.15) is 10.2 Å². The molecule has 2 heterocycles. The molecule has 1 fully saturated rings. The van der Waals surface area contributed by atoms with Crippen LogP contribution in [0.5, 0.6) is 0 Å². The van der Waals surface area contributed by atoms with Crippen molar-refractivity contribution in [2.24, 2.45) is 0 Å². The van der Waals surface area contributed by atoms with Crippen LogP contribution in [0.4, 0.5) is 5.95 Å². The van der Waals surface area contributed by atoms with Crippen molar-refractivity contribution in [1.29, 1.82) is 0 Å². The zero-order chi connectivity index (χ0) is 29.4. The summed E-state index contributed by atoms with van der Waals surface area (Å²) in [6.45, 7) is 4.24. The summed E-state index contributed by atoms with van der Waals surface area (Å²) in [5.41, 5.74) is 6.44. The maximum Gasteiger partial charge on any atom is 0.323 e. The number of sulfonamides is 1. The molecular weight excluding hydrogens is 548 g/mol. The van der Waals surface area contributed by atoms with Crippen molar-refractivity contribution in [2.45, 2.75) is 62.6 Å². The zero-order valence-corrected chi connectivity index (χ0v) is 23.8. The van der Waals surface area contributed by atoms with Gasteiger partial charge in [0.2, 0.25) is 21.9 Å². The van der Waals surface area contributed by atoms with E-state index in [0.29, 0.717) is 6.42 Å². The molecule has 6 N–H and O–H groups in total. The fraction of sp³-hybridized carbons (Fsp3) is 0.393. The van der Waals surface area contributed by atoms with Crippen LogP contribution < -0.4 is 20.8 Å². The Morgan fingerprint density at radius 1 is 1.07 bits per heavy atom. The topological polar surface area (TPSA) is 175 Å². The molecule has 0 saturated carbocycles. The summed E-state index contributed by atoms with van der Waals surface area (Å²) in [5, 5.41) is 15.4. The lowest BCUT2D eigenvalue weighted by Crippen LogP contribution is -2.51. The molecule has 0 spiro atoms. The van der Waals surface area contributed by atoms with Crippen LogP contribution in [0.3, 0.4) is 0 Å². The SMILES string of the molecule is Cc1nc(NCCCCC2CC(C(=O)NCC(NS(=O)(=O)c3ccc(-c4ccccc4)cc3)C(=O)O)NO2)[nH]c1C. The lowest BCUT2D eigenvalue weighted by atomic mass is 10.1. The third-order valence-electron chi connectivity index (χ3n) is 6.91. The molecule has 1 saturated heterocycles. The Bertz CT molecular complexity index is 1410. The van der Waals surface area contributed by atoms with E-state index in [4.69, 9.17) is 4.84 Å². The first-order valence-electron chi connectivity index (χ1n) is 13.5. The van der Waals surface area contributed by atoms with Gasteiger partial charge in [-0.1, -0.05) is 42.5 Å². The standard InChI is InChI=1S/C28H36N6O6S/c1-18-19(2)32-28(31-18)29-15-7-6-10-22-16-24(33-40-22)26(35)30-17-25(27(36)37)34-41(38,39)23-13-11-21(12-14-23)20-8-4-3-5-9-20/h3-5,8-9,11-14,22,24-25,33-34H,6-7,10,15-17H2,1-2H3,(H,30,35)(H,36,37)(H2,29,31,32). The molecule has 41 heavy (non-hydrogen) atoms. The number of carboxylic acid groups (broad SMARTS) is 1. The minimum Gasteiger partial charge on any atom is -0.480 e. The average Bonchev–Trinajstić information content (AvgIpc) is 3.56. The number of imidazole rings is 1. The summed E-state index contributed by atoms with van der Waals surface area (Å²) in [6, 6.07) is 13.4. The molecule has 0 radical (unpaired) electrons. The van der Waals surface area contributed by atoms with Crippen molar-refractivity contribution in [1.82, 2.24) is 25.5 Å². The smallest absolute Gasteiger partial charge is 0.323 e. The summed E-state index contributed by atoms with van der Waals surface area (Å²) < 4.78 is 27.9. The number of carbonyl (C=O) groups is 2. The van der Waals surface area contributed by atoms with Crippen LogP contribution in [-0.2, 0) is 24.4 Å². The van der Waals surface area contributed by atoms with Crippen LogP contribution in [0, 0.1) is 13.8 Å². The highest BCUT2D eigenvalue weighted by Gasteiger charge is 2.32. The number of carboxylic acids is 1. The van der Waals surface area contributed by atoms with Crippen molar-refractivity contribution < 1.29 is 28.0 Å². The number of aromatic nitrogens is 2. The van der Waals surface area contributed by atoms with Gasteiger partial charge in [-0.3, -0.25) is 14.4 Å². The number of H-pyrrole nitrogens is 1. The van der Waals surface area contributed by atoms with E-state index in [9.17, 15) is 23.1 Å². The second-order valence-electron chi connectivity index (χ2n) is 10.0. The minimum atomic E-state index is -4.15. The molecule has 220 valence electrons. The molecule has 1 aromatic heterocycles. The molecule has 3 unspecified atom stereocenters.